The average Bonchev–Trinajstić information content (AvgIpc) is 2.79. The summed E-state index contributed by atoms with van der Waals surface area (Å²) in [6.07, 6.45) is 0.366. The number of hydrogen-bond acceptors (Lipinski definition) is 1. The molecule has 0 aliphatic carbocycles. The summed E-state index contributed by atoms with van der Waals surface area (Å²) in [4.78, 5) is 3.38. The van der Waals surface area contributed by atoms with Crippen molar-refractivity contribution in [3.63, 3.8) is 0 Å². The largest absolute Gasteiger partial charge is 0.354 e. The zero-order chi connectivity index (χ0) is 13.2. The Balaban J connectivity index is 2.30. The van der Waals surface area contributed by atoms with Crippen LogP contribution in [-0.4, -0.2) is 4.98 Å². The van der Waals surface area contributed by atoms with Crippen LogP contribution in [0.2, 0.25) is 5.02 Å². The summed E-state index contributed by atoms with van der Waals surface area (Å²) in [5.41, 5.74) is 4.10. The third kappa shape index (κ3) is 2.09. The second-order valence-electron chi connectivity index (χ2n) is 4.37. The summed E-state index contributed by atoms with van der Waals surface area (Å²) in [6, 6.07) is 18.0. The second kappa shape index (κ2) is 4.79. The van der Waals surface area contributed by atoms with Crippen LogP contribution in [0.5, 0.6) is 0 Å². The second-order valence-corrected chi connectivity index (χ2v) is 4.81. The maximum atomic E-state index is 9.04. The molecule has 0 aliphatic rings. The smallest absolute Gasteiger partial charge is 0.0670 e. The highest BCUT2D eigenvalue weighted by molar-refractivity contribution is 6.31. The van der Waals surface area contributed by atoms with Crippen molar-refractivity contribution in [1.29, 1.82) is 5.26 Å². The molecule has 2 nitrogen and oxygen atoms in total. The third-order valence-corrected chi connectivity index (χ3v) is 3.42. The first-order chi connectivity index (χ1) is 9.29. The third-order valence-electron chi connectivity index (χ3n) is 3.19. The van der Waals surface area contributed by atoms with E-state index in [1.807, 2.05) is 48.5 Å². The minimum absolute atomic E-state index is 0.366. The SMILES string of the molecule is N#CCc1c(-c2ccccc2)[nH]c2ccc(Cl)cc12. The first-order valence-corrected chi connectivity index (χ1v) is 6.40. The van der Waals surface area contributed by atoms with Crippen molar-refractivity contribution in [2.75, 3.05) is 0 Å². The number of aromatic amines is 1. The van der Waals surface area contributed by atoms with Crippen molar-refractivity contribution in [2.24, 2.45) is 0 Å². The van der Waals surface area contributed by atoms with Gasteiger partial charge in [0.2, 0.25) is 0 Å². The van der Waals surface area contributed by atoms with E-state index in [1.165, 1.54) is 0 Å². The molecule has 0 radical (unpaired) electrons. The number of benzene rings is 2. The Hall–Kier alpha value is -2.24. The molecule has 0 saturated heterocycles. The van der Waals surface area contributed by atoms with Gasteiger partial charge in [-0.1, -0.05) is 41.9 Å². The summed E-state index contributed by atoms with van der Waals surface area (Å²) in [5.74, 6) is 0. The van der Waals surface area contributed by atoms with Gasteiger partial charge in [-0.3, -0.25) is 0 Å². The monoisotopic (exact) mass is 266 g/mol. The number of nitrogens with zero attached hydrogens (tertiary/aromatic N) is 1. The summed E-state index contributed by atoms with van der Waals surface area (Å²) >= 11 is 6.05. The van der Waals surface area contributed by atoms with Crippen LogP contribution in [0.25, 0.3) is 22.2 Å². The Kier molecular flexibility index (Phi) is 2.98. The molecule has 0 saturated carbocycles. The van der Waals surface area contributed by atoms with E-state index in [4.69, 9.17) is 16.9 Å². The number of fused-ring (bicyclic) bond motifs is 1. The van der Waals surface area contributed by atoms with Gasteiger partial charge in [-0.25, -0.2) is 0 Å². The lowest BCUT2D eigenvalue weighted by Crippen LogP contribution is -1.85. The quantitative estimate of drug-likeness (QED) is 0.726. The van der Waals surface area contributed by atoms with E-state index in [9.17, 15) is 0 Å². The summed E-state index contributed by atoms with van der Waals surface area (Å²) in [6.45, 7) is 0. The fourth-order valence-corrected chi connectivity index (χ4v) is 2.51. The van der Waals surface area contributed by atoms with Crippen LogP contribution in [0, 0.1) is 11.3 Å². The van der Waals surface area contributed by atoms with E-state index in [0.717, 1.165) is 27.7 Å². The number of aromatic nitrogens is 1. The van der Waals surface area contributed by atoms with Gasteiger partial charge < -0.3 is 4.98 Å². The summed E-state index contributed by atoms with van der Waals surface area (Å²) in [7, 11) is 0. The predicted molar refractivity (Wildman–Crippen MR) is 78.1 cm³/mol. The Bertz CT molecular complexity index is 767. The average molecular weight is 267 g/mol. The van der Waals surface area contributed by atoms with Crippen molar-refractivity contribution in [2.45, 2.75) is 6.42 Å². The molecule has 0 fully saturated rings. The highest BCUT2D eigenvalue weighted by Gasteiger charge is 2.12. The van der Waals surface area contributed by atoms with Crippen molar-refractivity contribution < 1.29 is 0 Å². The van der Waals surface area contributed by atoms with Crippen molar-refractivity contribution in [1.82, 2.24) is 4.98 Å². The van der Waals surface area contributed by atoms with E-state index in [1.54, 1.807) is 0 Å². The molecule has 92 valence electrons. The Morgan fingerprint density at radius 1 is 1.11 bits per heavy atom. The van der Waals surface area contributed by atoms with Crippen LogP contribution in [0.1, 0.15) is 5.56 Å². The van der Waals surface area contributed by atoms with Crippen LogP contribution in [-0.2, 0) is 6.42 Å². The maximum absolute atomic E-state index is 9.04. The molecule has 3 aromatic rings. The van der Waals surface area contributed by atoms with Gasteiger partial charge in [0.1, 0.15) is 0 Å². The maximum Gasteiger partial charge on any atom is 0.0670 e. The zero-order valence-electron chi connectivity index (χ0n) is 10.2. The fourth-order valence-electron chi connectivity index (χ4n) is 2.33. The molecule has 0 bridgehead atoms. The van der Waals surface area contributed by atoms with E-state index < -0.39 is 0 Å². The molecule has 3 rings (SSSR count). The van der Waals surface area contributed by atoms with Gasteiger partial charge in [0, 0.05) is 15.9 Å². The minimum Gasteiger partial charge on any atom is -0.354 e. The van der Waals surface area contributed by atoms with Gasteiger partial charge in [-0.15, -0.1) is 0 Å². The minimum atomic E-state index is 0.366. The Morgan fingerprint density at radius 3 is 2.63 bits per heavy atom. The molecule has 0 amide bonds. The number of H-pyrrole nitrogens is 1. The molecule has 1 heterocycles. The van der Waals surface area contributed by atoms with Gasteiger partial charge >= 0.3 is 0 Å². The van der Waals surface area contributed by atoms with E-state index in [0.29, 0.717) is 11.4 Å². The standard InChI is InChI=1S/C16H11ClN2/c17-12-6-7-15-14(10-12)13(8-9-18)16(19-15)11-4-2-1-3-5-11/h1-7,10,19H,8H2. The van der Waals surface area contributed by atoms with Gasteiger partial charge in [-0.2, -0.15) is 5.26 Å². The fraction of sp³-hybridized carbons (Fsp3) is 0.0625. The van der Waals surface area contributed by atoms with Crippen molar-refractivity contribution in [3.05, 3.63) is 59.1 Å². The molecule has 0 spiro atoms. The highest BCUT2D eigenvalue weighted by atomic mass is 35.5. The zero-order valence-corrected chi connectivity index (χ0v) is 10.9. The van der Waals surface area contributed by atoms with Crippen molar-refractivity contribution in [3.8, 4) is 17.3 Å². The van der Waals surface area contributed by atoms with Gasteiger partial charge in [0.05, 0.1) is 18.2 Å². The topological polar surface area (TPSA) is 39.6 Å². The number of nitriles is 1. The molecule has 0 unspecified atom stereocenters. The molecule has 3 heteroatoms. The molecule has 2 aromatic carbocycles. The Morgan fingerprint density at radius 2 is 1.89 bits per heavy atom. The lowest BCUT2D eigenvalue weighted by atomic mass is 10.0. The van der Waals surface area contributed by atoms with Gasteiger partial charge in [0.25, 0.3) is 0 Å². The van der Waals surface area contributed by atoms with Crippen LogP contribution < -0.4 is 0 Å². The van der Waals surface area contributed by atoms with Crippen LogP contribution >= 0.6 is 11.6 Å². The van der Waals surface area contributed by atoms with Gasteiger partial charge in [-0.05, 0) is 29.3 Å². The molecule has 0 aliphatic heterocycles. The van der Waals surface area contributed by atoms with E-state index in [-0.39, 0.29) is 0 Å². The number of nitrogens with one attached hydrogen (secondary N) is 1. The summed E-state index contributed by atoms with van der Waals surface area (Å²) < 4.78 is 0. The number of hydrogen-bond donors (Lipinski definition) is 1. The molecule has 0 atom stereocenters. The normalized spacial score (nSPS) is 10.5. The molecule has 1 N–H and O–H groups in total. The lowest BCUT2D eigenvalue weighted by Gasteiger charge is -2.01. The predicted octanol–water partition coefficient (Wildman–Crippen LogP) is 4.55. The molecular weight excluding hydrogens is 256 g/mol. The number of halogens is 1. The number of rotatable bonds is 2. The Labute approximate surface area is 116 Å². The first-order valence-electron chi connectivity index (χ1n) is 6.02. The lowest BCUT2D eigenvalue weighted by molar-refractivity contribution is 1.28. The molecule has 1 aromatic heterocycles. The highest BCUT2D eigenvalue weighted by Crippen LogP contribution is 2.32. The molecular formula is C16H11ClN2. The molecule has 19 heavy (non-hydrogen) atoms. The first kappa shape index (κ1) is 11.8. The van der Waals surface area contributed by atoms with Crippen LogP contribution in [0.3, 0.4) is 0 Å². The van der Waals surface area contributed by atoms with Crippen molar-refractivity contribution >= 4 is 22.5 Å². The van der Waals surface area contributed by atoms with E-state index >= 15 is 0 Å². The van der Waals surface area contributed by atoms with E-state index in [2.05, 4.69) is 11.1 Å². The summed E-state index contributed by atoms with van der Waals surface area (Å²) in [5, 5.41) is 10.7. The van der Waals surface area contributed by atoms with Crippen LogP contribution in [0.4, 0.5) is 0 Å². The van der Waals surface area contributed by atoms with Gasteiger partial charge in [0.15, 0.2) is 0 Å². The van der Waals surface area contributed by atoms with Crippen LogP contribution in [0.15, 0.2) is 48.5 Å².